The maximum Gasteiger partial charge on any atom is 0.122 e. The molecule has 0 amide bonds. The smallest absolute Gasteiger partial charge is 0.122 e. The Morgan fingerprint density at radius 3 is 2.40 bits per heavy atom. The maximum absolute atomic E-state index is 9.00. The molecule has 0 aliphatic rings. The van der Waals surface area contributed by atoms with Gasteiger partial charge >= 0.3 is 0 Å². The van der Waals surface area contributed by atoms with Gasteiger partial charge in [-0.25, -0.2) is 0 Å². The van der Waals surface area contributed by atoms with Crippen molar-refractivity contribution >= 4 is 17.1 Å². The minimum Gasteiger partial charge on any atom is -0.497 e. The molecule has 0 aliphatic heterocycles. The zero-order valence-corrected chi connectivity index (χ0v) is 10.8. The predicted octanol–water partition coefficient (Wildman–Crippen LogP) is 2.76. The first-order chi connectivity index (χ1) is 9.66. The van der Waals surface area contributed by atoms with Crippen molar-refractivity contribution in [2.75, 3.05) is 18.2 Å². The summed E-state index contributed by atoms with van der Waals surface area (Å²) in [5.74, 6) is 0.640. The number of methoxy groups -OCH3 is 1. The average Bonchev–Trinajstić information content (AvgIpc) is 2.46. The third-order valence-corrected chi connectivity index (χ3v) is 2.71. The van der Waals surface area contributed by atoms with Crippen molar-refractivity contribution in [2.45, 2.75) is 0 Å². The predicted molar refractivity (Wildman–Crippen MR) is 76.6 cm³/mol. The van der Waals surface area contributed by atoms with Crippen LogP contribution in [-0.2, 0) is 0 Å². The Bertz CT molecular complexity index is 726. The van der Waals surface area contributed by atoms with Crippen molar-refractivity contribution < 1.29 is 4.74 Å². The number of nitrogens with two attached hydrogens (primary N) is 1. The minimum atomic E-state index is 0.327. The molecule has 2 aromatic rings. The summed E-state index contributed by atoms with van der Waals surface area (Å²) in [7, 11) is 1.56. The molecule has 2 rings (SSSR count). The van der Waals surface area contributed by atoms with Crippen LogP contribution in [0.15, 0.2) is 36.4 Å². The van der Waals surface area contributed by atoms with Crippen LogP contribution in [0.4, 0.5) is 17.1 Å². The topological polar surface area (TPSA) is 94.9 Å². The van der Waals surface area contributed by atoms with Crippen LogP contribution in [0.3, 0.4) is 0 Å². The fourth-order valence-electron chi connectivity index (χ4n) is 1.79. The number of hydrogen-bond acceptors (Lipinski definition) is 5. The number of hydrogen-bond donors (Lipinski definition) is 2. The van der Waals surface area contributed by atoms with Crippen molar-refractivity contribution in [2.24, 2.45) is 0 Å². The number of rotatable bonds is 3. The Balaban J connectivity index is 2.33. The Hall–Kier alpha value is -3.18. The molecule has 0 saturated heterocycles. The molecule has 0 aliphatic carbocycles. The van der Waals surface area contributed by atoms with Gasteiger partial charge < -0.3 is 15.8 Å². The monoisotopic (exact) mass is 264 g/mol. The summed E-state index contributed by atoms with van der Waals surface area (Å²) in [5, 5.41) is 21.0. The summed E-state index contributed by atoms with van der Waals surface area (Å²) in [6, 6.07) is 14.2. The lowest BCUT2D eigenvalue weighted by atomic mass is 10.1. The van der Waals surface area contributed by atoms with Crippen molar-refractivity contribution in [3.8, 4) is 17.9 Å². The van der Waals surface area contributed by atoms with E-state index in [0.717, 1.165) is 5.69 Å². The number of nitrogen functional groups attached to an aromatic ring is 1. The first-order valence-electron chi connectivity index (χ1n) is 5.82. The molecule has 0 fully saturated rings. The van der Waals surface area contributed by atoms with Crippen LogP contribution in [0.1, 0.15) is 11.1 Å². The lowest BCUT2D eigenvalue weighted by Gasteiger charge is -2.10. The SMILES string of the molecule is COc1cc(N)cc(Nc2ccc(C#N)c(C#N)c2)c1. The van der Waals surface area contributed by atoms with Crippen LogP contribution < -0.4 is 15.8 Å². The number of nitrogens with zero attached hydrogens (tertiary/aromatic N) is 2. The molecule has 98 valence electrons. The first kappa shape index (κ1) is 13.3. The molecule has 0 spiro atoms. The quantitative estimate of drug-likeness (QED) is 0.831. The third kappa shape index (κ3) is 2.80. The minimum absolute atomic E-state index is 0.327. The molecule has 2 aromatic carbocycles. The van der Waals surface area contributed by atoms with Crippen LogP contribution >= 0.6 is 0 Å². The molecule has 3 N–H and O–H groups in total. The lowest BCUT2D eigenvalue weighted by Crippen LogP contribution is -1.95. The van der Waals surface area contributed by atoms with E-state index in [-0.39, 0.29) is 0 Å². The molecule has 0 aromatic heterocycles. The zero-order valence-electron chi connectivity index (χ0n) is 10.8. The van der Waals surface area contributed by atoms with E-state index in [1.165, 1.54) is 0 Å². The second-order valence-corrected chi connectivity index (χ2v) is 4.10. The number of benzene rings is 2. The van der Waals surface area contributed by atoms with E-state index in [1.807, 2.05) is 12.1 Å². The van der Waals surface area contributed by atoms with Gasteiger partial charge in [0.25, 0.3) is 0 Å². The van der Waals surface area contributed by atoms with Crippen LogP contribution in [-0.4, -0.2) is 7.11 Å². The molecule has 0 atom stereocenters. The van der Waals surface area contributed by atoms with Gasteiger partial charge in [0.1, 0.15) is 17.9 Å². The summed E-state index contributed by atoms with van der Waals surface area (Å²) in [5.41, 5.74) is 8.47. The van der Waals surface area contributed by atoms with Crippen LogP contribution in [0.5, 0.6) is 5.75 Å². The normalized spacial score (nSPS) is 9.35. The molecule has 0 radical (unpaired) electrons. The molecular weight excluding hydrogens is 252 g/mol. The lowest BCUT2D eigenvalue weighted by molar-refractivity contribution is 0.415. The number of nitrogens with one attached hydrogen (secondary N) is 1. The van der Waals surface area contributed by atoms with E-state index < -0.39 is 0 Å². The summed E-state index contributed by atoms with van der Waals surface area (Å²) < 4.78 is 5.14. The molecule has 0 saturated carbocycles. The molecule has 5 heteroatoms. The molecule has 5 nitrogen and oxygen atoms in total. The van der Waals surface area contributed by atoms with Crippen LogP contribution in [0, 0.1) is 22.7 Å². The zero-order chi connectivity index (χ0) is 14.5. The summed E-state index contributed by atoms with van der Waals surface area (Å²) in [4.78, 5) is 0. The number of nitriles is 2. The molecule has 20 heavy (non-hydrogen) atoms. The highest BCUT2D eigenvalue weighted by atomic mass is 16.5. The Labute approximate surface area is 116 Å². The van der Waals surface area contributed by atoms with Crippen molar-refractivity contribution in [3.05, 3.63) is 47.5 Å². The highest BCUT2D eigenvalue weighted by Crippen LogP contribution is 2.26. The van der Waals surface area contributed by atoms with E-state index in [9.17, 15) is 0 Å². The van der Waals surface area contributed by atoms with Gasteiger partial charge in [0.2, 0.25) is 0 Å². The van der Waals surface area contributed by atoms with Gasteiger partial charge in [-0.1, -0.05) is 0 Å². The van der Waals surface area contributed by atoms with Crippen molar-refractivity contribution in [1.29, 1.82) is 10.5 Å². The highest BCUT2D eigenvalue weighted by Gasteiger charge is 2.04. The largest absolute Gasteiger partial charge is 0.497 e. The van der Waals surface area contributed by atoms with Gasteiger partial charge in [-0.2, -0.15) is 10.5 Å². The third-order valence-electron chi connectivity index (χ3n) is 2.71. The van der Waals surface area contributed by atoms with Crippen LogP contribution in [0.2, 0.25) is 0 Å². The average molecular weight is 264 g/mol. The second-order valence-electron chi connectivity index (χ2n) is 4.10. The summed E-state index contributed by atoms with van der Waals surface area (Å²) >= 11 is 0. The van der Waals surface area contributed by atoms with Gasteiger partial charge in [0.05, 0.1) is 18.2 Å². The van der Waals surface area contributed by atoms with Crippen molar-refractivity contribution in [3.63, 3.8) is 0 Å². The highest BCUT2D eigenvalue weighted by molar-refractivity contribution is 5.68. The standard InChI is InChI=1S/C15H12N4O/c1-20-15-6-12(18)5-14(7-15)19-13-3-2-10(8-16)11(4-13)9-17/h2-7,19H,18H2,1H3. The number of anilines is 3. The fraction of sp³-hybridized carbons (Fsp3) is 0.0667. The fourth-order valence-corrected chi connectivity index (χ4v) is 1.79. The summed E-state index contributed by atoms with van der Waals surface area (Å²) in [6.45, 7) is 0. The molecule has 0 bridgehead atoms. The number of ether oxygens (including phenoxy) is 1. The molecule has 0 unspecified atom stereocenters. The Morgan fingerprint density at radius 1 is 1.00 bits per heavy atom. The Kier molecular flexibility index (Phi) is 3.74. The Morgan fingerprint density at radius 2 is 1.75 bits per heavy atom. The van der Waals surface area contributed by atoms with E-state index in [1.54, 1.807) is 43.5 Å². The van der Waals surface area contributed by atoms with Gasteiger partial charge in [-0.15, -0.1) is 0 Å². The van der Waals surface area contributed by atoms with Crippen LogP contribution in [0.25, 0.3) is 0 Å². The maximum atomic E-state index is 9.00. The van der Waals surface area contributed by atoms with Gasteiger partial charge in [-0.3, -0.25) is 0 Å². The van der Waals surface area contributed by atoms with E-state index in [4.69, 9.17) is 21.0 Å². The van der Waals surface area contributed by atoms with E-state index in [2.05, 4.69) is 5.32 Å². The van der Waals surface area contributed by atoms with E-state index >= 15 is 0 Å². The van der Waals surface area contributed by atoms with Gasteiger partial charge in [-0.05, 0) is 24.3 Å². The molecular formula is C15H12N4O. The summed E-state index contributed by atoms with van der Waals surface area (Å²) in [6.07, 6.45) is 0. The van der Waals surface area contributed by atoms with E-state index in [0.29, 0.717) is 28.3 Å². The van der Waals surface area contributed by atoms with Gasteiger partial charge in [0, 0.05) is 29.2 Å². The second kappa shape index (κ2) is 5.64. The molecule has 0 heterocycles. The first-order valence-corrected chi connectivity index (χ1v) is 5.82. The van der Waals surface area contributed by atoms with Crippen molar-refractivity contribution in [1.82, 2.24) is 0 Å². The van der Waals surface area contributed by atoms with Gasteiger partial charge in [0.15, 0.2) is 0 Å².